The van der Waals surface area contributed by atoms with E-state index in [2.05, 4.69) is 20.3 Å². The van der Waals surface area contributed by atoms with Gasteiger partial charge in [-0.05, 0) is 29.8 Å². The first-order chi connectivity index (χ1) is 15.6. The summed E-state index contributed by atoms with van der Waals surface area (Å²) in [4.78, 5) is 35.4. The van der Waals surface area contributed by atoms with Gasteiger partial charge in [-0.25, -0.2) is 9.97 Å². The molecule has 10 heteroatoms. The van der Waals surface area contributed by atoms with Crippen LogP contribution in [0, 0.1) is 5.92 Å². The van der Waals surface area contributed by atoms with Gasteiger partial charge in [-0.15, -0.1) is 11.3 Å². The van der Waals surface area contributed by atoms with Crippen molar-refractivity contribution in [2.24, 2.45) is 5.92 Å². The molecule has 2 N–H and O–H groups in total. The Kier molecular flexibility index (Phi) is 6.03. The number of carbonyl (C=O) groups is 1. The maximum absolute atomic E-state index is 13.7. The number of hydrogen-bond donors (Lipinski definition) is 2. The Morgan fingerprint density at radius 1 is 1.12 bits per heavy atom. The molecule has 0 fully saturated rings. The van der Waals surface area contributed by atoms with E-state index in [1.807, 2.05) is 18.2 Å². The molecule has 4 rings (SSSR count). The molecule has 170 valence electrons. The van der Waals surface area contributed by atoms with Gasteiger partial charge in [0.25, 0.3) is 5.56 Å². The van der Waals surface area contributed by atoms with Crippen LogP contribution in [0.15, 0.2) is 53.3 Å². The van der Waals surface area contributed by atoms with Crippen LogP contribution in [-0.4, -0.2) is 20.9 Å². The summed E-state index contributed by atoms with van der Waals surface area (Å²) in [7, 11) is 0. The molecule has 2 aromatic carbocycles. The van der Waals surface area contributed by atoms with Crippen LogP contribution in [-0.2, 0) is 17.5 Å². The van der Waals surface area contributed by atoms with E-state index in [1.54, 1.807) is 19.9 Å². The van der Waals surface area contributed by atoms with E-state index >= 15 is 0 Å². The number of fused-ring (bicyclic) bond motifs is 1. The summed E-state index contributed by atoms with van der Waals surface area (Å²) in [6.45, 7) is 3.48. The van der Waals surface area contributed by atoms with Crippen molar-refractivity contribution in [1.29, 1.82) is 0 Å². The highest BCUT2D eigenvalue weighted by atomic mass is 32.1. The summed E-state index contributed by atoms with van der Waals surface area (Å²) in [6.07, 6.45) is -4.67. The number of halogens is 3. The Hall–Kier alpha value is -3.53. The summed E-state index contributed by atoms with van der Waals surface area (Å²) in [5.41, 5.74) is -0.479. The van der Waals surface area contributed by atoms with Crippen LogP contribution in [0.25, 0.3) is 32.3 Å². The van der Waals surface area contributed by atoms with Gasteiger partial charge in [0, 0.05) is 24.1 Å². The first-order valence-corrected chi connectivity index (χ1v) is 10.9. The van der Waals surface area contributed by atoms with Crippen molar-refractivity contribution >= 4 is 27.5 Å². The van der Waals surface area contributed by atoms with Gasteiger partial charge < -0.3 is 10.3 Å². The van der Waals surface area contributed by atoms with E-state index in [9.17, 15) is 22.8 Å². The SMILES string of the molecule is CC(C)C(=O)NCc1ccc(C(F)(F)F)c(-c2nc(-c3nc4ccccc4s3)cc(=O)[nH]2)c1. The summed E-state index contributed by atoms with van der Waals surface area (Å²) >= 11 is 1.29. The van der Waals surface area contributed by atoms with Crippen LogP contribution in [0.3, 0.4) is 0 Å². The van der Waals surface area contributed by atoms with Crippen molar-refractivity contribution in [2.45, 2.75) is 26.6 Å². The zero-order chi connectivity index (χ0) is 23.8. The van der Waals surface area contributed by atoms with Crippen LogP contribution < -0.4 is 10.9 Å². The van der Waals surface area contributed by atoms with Crippen molar-refractivity contribution in [3.8, 4) is 22.1 Å². The second-order valence-corrected chi connectivity index (χ2v) is 8.75. The second-order valence-electron chi connectivity index (χ2n) is 7.72. The summed E-state index contributed by atoms with van der Waals surface area (Å²) < 4.78 is 42.1. The number of aromatic amines is 1. The number of nitrogens with one attached hydrogen (secondary N) is 2. The number of nitrogens with zero attached hydrogens (tertiary/aromatic N) is 2. The lowest BCUT2D eigenvalue weighted by Crippen LogP contribution is -2.27. The van der Waals surface area contributed by atoms with Crippen LogP contribution in [0.5, 0.6) is 0 Å². The Morgan fingerprint density at radius 2 is 1.88 bits per heavy atom. The molecule has 0 bridgehead atoms. The first kappa shape index (κ1) is 22.7. The Labute approximate surface area is 190 Å². The van der Waals surface area contributed by atoms with Crippen LogP contribution in [0.1, 0.15) is 25.0 Å². The molecular formula is C23H19F3N4O2S. The van der Waals surface area contributed by atoms with E-state index in [1.165, 1.54) is 29.5 Å². The fourth-order valence-electron chi connectivity index (χ4n) is 3.21. The molecule has 33 heavy (non-hydrogen) atoms. The smallest absolute Gasteiger partial charge is 0.352 e. The number of rotatable bonds is 5. The minimum atomic E-state index is -4.67. The minimum absolute atomic E-state index is 0.0456. The van der Waals surface area contributed by atoms with Gasteiger partial charge in [0.2, 0.25) is 5.91 Å². The highest BCUT2D eigenvalue weighted by Gasteiger charge is 2.34. The van der Waals surface area contributed by atoms with Crippen molar-refractivity contribution in [1.82, 2.24) is 20.3 Å². The largest absolute Gasteiger partial charge is 0.417 e. The summed E-state index contributed by atoms with van der Waals surface area (Å²) in [5.74, 6) is -0.704. The Balaban J connectivity index is 1.80. The molecule has 2 aromatic heterocycles. The van der Waals surface area contributed by atoms with E-state index in [0.29, 0.717) is 16.1 Å². The van der Waals surface area contributed by atoms with Gasteiger partial charge in [-0.2, -0.15) is 13.2 Å². The third kappa shape index (κ3) is 4.95. The lowest BCUT2D eigenvalue weighted by molar-refractivity contribution is -0.137. The predicted octanol–water partition coefficient (Wildman–Crippen LogP) is 5.00. The lowest BCUT2D eigenvalue weighted by atomic mass is 10.0. The number of amides is 1. The van der Waals surface area contributed by atoms with Gasteiger partial charge in [-0.1, -0.05) is 32.0 Å². The molecule has 1 amide bonds. The maximum atomic E-state index is 13.7. The molecule has 0 spiro atoms. The van der Waals surface area contributed by atoms with Crippen molar-refractivity contribution in [3.05, 3.63) is 70.0 Å². The van der Waals surface area contributed by atoms with Crippen LogP contribution in [0.4, 0.5) is 13.2 Å². The number of alkyl halides is 3. The number of thiazole rings is 1. The third-order valence-corrected chi connectivity index (χ3v) is 5.95. The quantitative estimate of drug-likeness (QED) is 0.428. The standard InChI is InChI=1S/C23H19F3N4O2S/c1-12(2)21(32)27-11-13-7-8-15(23(24,25)26)14(9-13)20-28-17(10-19(31)30-20)22-29-16-5-3-4-6-18(16)33-22/h3-10,12H,11H2,1-2H3,(H,27,32)(H,28,30,31). The molecule has 0 radical (unpaired) electrons. The molecule has 0 saturated carbocycles. The minimum Gasteiger partial charge on any atom is -0.352 e. The number of para-hydroxylation sites is 1. The Bertz CT molecular complexity index is 1360. The van der Waals surface area contributed by atoms with E-state index < -0.39 is 17.3 Å². The van der Waals surface area contributed by atoms with Gasteiger partial charge >= 0.3 is 6.18 Å². The molecule has 0 aliphatic rings. The molecule has 0 aliphatic carbocycles. The van der Waals surface area contributed by atoms with E-state index in [4.69, 9.17) is 0 Å². The van der Waals surface area contributed by atoms with E-state index in [-0.39, 0.29) is 35.5 Å². The van der Waals surface area contributed by atoms with Gasteiger partial charge in [0.1, 0.15) is 16.5 Å². The van der Waals surface area contributed by atoms with Crippen molar-refractivity contribution in [3.63, 3.8) is 0 Å². The fourth-order valence-corrected chi connectivity index (χ4v) is 4.14. The second kappa shape index (κ2) is 8.78. The number of aromatic nitrogens is 3. The molecule has 6 nitrogen and oxygen atoms in total. The molecular weight excluding hydrogens is 453 g/mol. The van der Waals surface area contributed by atoms with Gasteiger partial charge in [-0.3, -0.25) is 9.59 Å². The topological polar surface area (TPSA) is 87.7 Å². The van der Waals surface area contributed by atoms with E-state index in [0.717, 1.165) is 10.8 Å². The monoisotopic (exact) mass is 472 g/mol. The zero-order valence-electron chi connectivity index (χ0n) is 17.7. The Morgan fingerprint density at radius 3 is 2.58 bits per heavy atom. The third-order valence-electron chi connectivity index (χ3n) is 4.89. The number of hydrogen-bond acceptors (Lipinski definition) is 5. The number of benzene rings is 2. The normalized spacial score (nSPS) is 11.8. The molecule has 0 unspecified atom stereocenters. The number of H-pyrrole nitrogens is 1. The lowest BCUT2D eigenvalue weighted by Gasteiger charge is -2.15. The highest BCUT2D eigenvalue weighted by molar-refractivity contribution is 7.21. The van der Waals surface area contributed by atoms with Crippen molar-refractivity contribution in [2.75, 3.05) is 0 Å². The first-order valence-electron chi connectivity index (χ1n) is 10.1. The summed E-state index contributed by atoms with van der Waals surface area (Å²) in [6, 6.07) is 12.0. The average Bonchev–Trinajstić information content (AvgIpc) is 3.20. The molecule has 2 heterocycles. The molecule has 0 saturated heterocycles. The highest BCUT2D eigenvalue weighted by Crippen LogP contribution is 2.37. The molecule has 0 aliphatic heterocycles. The van der Waals surface area contributed by atoms with Crippen LogP contribution in [0.2, 0.25) is 0 Å². The van der Waals surface area contributed by atoms with Crippen molar-refractivity contribution < 1.29 is 18.0 Å². The molecule has 0 atom stereocenters. The van der Waals surface area contributed by atoms with Crippen LogP contribution >= 0.6 is 11.3 Å². The van der Waals surface area contributed by atoms with Gasteiger partial charge in [0.05, 0.1) is 15.8 Å². The number of carbonyl (C=O) groups excluding carboxylic acids is 1. The average molecular weight is 472 g/mol. The van der Waals surface area contributed by atoms with Gasteiger partial charge in [0.15, 0.2) is 0 Å². The summed E-state index contributed by atoms with van der Waals surface area (Å²) in [5, 5.41) is 3.11. The predicted molar refractivity (Wildman–Crippen MR) is 121 cm³/mol. The fraction of sp³-hybridized carbons (Fsp3) is 0.217. The maximum Gasteiger partial charge on any atom is 0.417 e. The molecule has 4 aromatic rings. The zero-order valence-corrected chi connectivity index (χ0v) is 18.5.